The third-order valence-electron chi connectivity index (χ3n) is 6.32. The largest absolute Gasteiger partial charge is 0.468 e. The first-order valence-corrected chi connectivity index (χ1v) is 9.69. The molecule has 2 fully saturated rings. The Labute approximate surface area is 160 Å². The maximum absolute atomic E-state index is 12.5. The van der Waals surface area contributed by atoms with E-state index in [2.05, 4.69) is 17.2 Å². The SMILES string of the molecule is COC[C@@H]1CCCN1/N=C/[C@@H]1CC=C[C@@H]2CC(C(=O)OC)(C(=O)OC)C[C@H]21. The van der Waals surface area contributed by atoms with Crippen molar-refractivity contribution in [3.8, 4) is 0 Å². The van der Waals surface area contributed by atoms with Crippen LogP contribution in [0.2, 0.25) is 0 Å². The Morgan fingerprint density at radius 1 is 1.22 bits per heavy atom. The first-order chi connectivity index (χ1) is 13.1. The molecule has 1 saturated heterocycles. The number of esters is 2. The molecule has 150 valence electrons. The monoisotopic (exact) mass is 378 g/mol. The lowest BCUT2D eigenvalue weighted by atomic mass is 9.78. The van der Waals surface area contributed by atoms with E-state index in [-0.39, 0.29) is 17.8 Å². The van der Waals surface area contributed by atoms with Gasteiger partial charge in [0.05, 0.1) is 26.9 Å². The first kappa shape index (κ1) is 19.9. The number of carbonyl (C=O) groups excluding carboxylic acids is 2. The molecule has 0 N–H and O–H groups in total. The number of nitrogens with zero attached hydrogens (tertiary/aromatic N) is 2. The normalized spacial score (nSPS) is 31.9. The molecule has 0 bridgehead atoms. The number of carbonyl (C=O) groups is 2. The van der Waals surface area contributed by atoms with Gasteiger partial charge in [-0.25, -0.2) is 0 Å². The number of fused-ring (bicyclic) bond motifs is 1. The Morgan fingerprint density at radius 2 is 1.96 bits per heavy atom. The van der Waals surface area contributed by atoms with Crippen LogP contribution in [0.4, 0.5) is 0 Å². The molecule has 0 aromatic rings. The van der Waals surface area contributed by atoms with Crippen molar-refractivity contribution in [2.45, 2.75) is 38.1 Å². The highest BCUT2D eigenvalue weighted by Gasteiger charge is 2.58. The van der Waals surface area contributed by atoms with Crippen molar-refractivity contribution in [3.63, 3.8) is 0 Å². The zero-order chi connectivity index (χ0) is 19.4. The smallest absolute Gasteiger partial charge is 0.323 e. The summed E-state index contributed by atoms with van der Waals surface area (Å²) in [7, 11) is 4.37. The van der Waals surface area contributed by atoms with Gasteiger partial charge in [-0.1, -0.05) is 12.2 Å². The molecule has 1 aliphatic heterocycles. The molecule has 0 amide bonds. The first-order valence-electron chi connectivity index (χ1n) is 9.69. The van der Waals surface area contributed by atoms with E-state index in [1.54, 1.807) is 7.11 Å². The van der Waals surface area contributed by atoms with E-state index in [0.717, 1.165) is 25.8 Å². The van der Waals surface area contributed by atoms with Crippen molar-refractivity contribution in [1.29, 1.82) is 0 Å². The van der Waals surface area contributed by atoms with Gasteiger partial charge in [-0.15, -0.1) is 0 Å². The minimum Gasteiger partial charge on any atom is -0.468 e. The maximum atomic E-state index is 12.5. The minimum atomic E-state index is -1.20. The van der Waals surface area contributed by atoms with Crippen molar-refractivity contribution < 1.29 is 23.8 Å². The lowest BCUT2D eigenvalue weighted by Crippen LogP contribution is -2.39. The number of ether oxygens (including phenoxy) is 3. The number of hydrazone groups is 1. The zero-order valence-electron chi connectivity index (χ0n) is 16.4. The molecule has 0 aromatic heterocycles. The molecule has 0 unspecified atom stereocenters. The van der Waals surface area contributed by atoms with Crippen molar-refractivity contribution >= 4 is 18.2 Å². The van der Waals surface area contributed by atoms with Crippen molar-refractivity contribution in [1.82, 2.24) is 5.01 Å². The van der Waals surface area contributed by atoms with E-state index in [1.807, 2.05) is 6.21 Å². The van der Waals surface area contributed by atoms with E-state index in [9.17, 15) is 9.59 Å². The summed E-state index contributed by atoms with van der Waals surface area (Å²) in [4.78, 5) is 24.9. The molecule has 2 aliphatic carbocycles. The Bertz CT molecular complexity index is 601. The topological polar surface area (TPSA) is 77.4 Å². The van der Waals surface area contributed by atoms with Crippen LogP contribution in [0.15, 0.2) is 17.3 Å². The number of hydrogen-bond donors (Lipinski definition) is 0. The number of allylic oxidation sites excluding steroid dienone is 2. The van der Waals surface area contributed by atoms with Gasteiger partial charge in [0, 0.05) is 25.8 Å². The molecule has 3 rings (SSSR count). The minimum absolute atomic E-state index is 0.154. The molecule has 1 heterocycles. The summed E-state index contributed by atoms with van der Waals surface area (Å²) in [5, 5.41) is 6.86. The van der Waals surface area contributed by atoms with E-state index in [1.165, 1.54) is 14.2 Å². The zero-order valence-corrected chi connectivity index (χ0v) is 16.4. The molecule has 0 radical (unpaired) electrons. The van der Waals surface area contributed by atoms with Crippen LogP contribution in [0.3, 0.4) is 0 Å². The summed E-state index contributed by atoms with van der Waals surface area (Å²) in [5.74, 6) is -0.456. The fourth-order valence-electron chi connectivity index (χ4n) is 4.94. The van der Waals surface area contributed by atoms with Crippen LogP contribution in [0, 0.1) is 23.2 Å². The average molecular weight is 378 g/mol. The lowest BCUT2D eigenvalue weighted by molar-refractivity contribution is -0.169. The van der Waals surface area contributed by atoms with Crippen LogP contribution in [-0.4, -0.2) is 63.7 Å². The molecule has 7 nitrogen and oxygen atoms in total. The Balaban J connectivity index is 1.76. The third kappa shape index (κ3) is 3.74. The second-order valence-electron chi connectivity index (χ2n) is 7.81. The molecular weight excluding hydrogens is 348 g/mol. The highest BCUT2D eigenvalue weighted by atomic mass is 16.5. The standard InChI is InChI=1S/C20H30N2O5/c1-25-13-16-8-5-9-22(16)21-12-15-7-4-6-14-10-20(11-17(14)15,18(23)26-2)19(24)27-3/h4,6,12,14-17H,5,7-11,13H2,1-3H3/b21-12+/t14-,15+,16+,17-/m1/s1. The molecule has 0 spiro atoms. The van der Waals surface area contributed by atoms with Gasteiger partial charge in [-0.3, -0.25) is 14.6 Å². The van der Waals surface area contributed by atoms with Gasteiger partial charge in [-0.05, 0) is 43.9 Å². The van der Waals surface area contributed by atoms with E-state index in [4.69, 9.17) is 19.3 Å². The second-order valence-corrected chi connectivity index (χ2v) is 7.81. The van der Waals surface area contributed by atoms with Crippen LogP contribution in [0.1, 0.15) is 32.1 Å². The van der Waals surface area contributed by atoms with Crippen LogP contribution < -0.4 is 0 Å². The van der Waals surface area contributed by atoms with E-state index < -0.39 is 17.4 Å². The fraction of sp³-hybridized carbons (Fsp3) is 0.750. The van der Waals surface area contributed by atoms with Gasteiger partial charge in [-0.2, -0.15) is 5.10 Å². The Morgan fingerprint density at radius 3 is 2.63 bits per heavy atom. The maximum Gasteiger partial charge on any atom is 0.323 e. The summed E-state index contributed by atoms with van der Waals surface area (Å²) in [6, 6.07) is 0.328. The molecule has 3 aliphatic rings. The summed E-state index contributed by atoms with van der Waals surface area (Å²) < 4.78 is 15.2. The number of methoxy groups -OCH3 is 3. The van der Waals surface area contributed by atoms with E-state index >= 15 is 0 Å². The Hall–Kier alpha value is -1.89. The third-order valence-corrected chi connectivity index (χ3v) is 6.32. The summed E-state index contributed by atoms with van der Waals surface area (Å²) in [6.07, 6.45) is 10.2. The quantitative estimate of drug-likeness (QED) is 0.305. The second kappa shape index (κ2) is 8.42. The van der Waals surface area contributed by atoms with Gasteiger partial charge >= 0.3 is 11.9 Å². The van der Waals surface area contributed by atoms with Gasteiger partial charge in [0.2, 0.25) is 0 Å². The molecule has 1 saturated carbocycles. The Kier molecular flexibility index (Phi) is 6.19. The van der Waals surface area contributed by atoms with Crippen LogP contribution in [0.25, 0.3) is 0 Å². The summed E-state index contributed by atoms with van der Waals surface area (Å²) in [5.41, 5.74) is -1.20. The van der Waals surface area contributed by atoms with Gasteiger partial charge in [0.25, 0.3) is 0 Å². The van der Waals surface area contributed by atoms with Gasteiger partial charge < -0.3 is 14.2 Å². The predicted molar refractivity (Wildman–Crippen MR) is 100 cm³/mol. The van der Waals surface area contributed by atoms with Crippen LogP contribution >= 0.6 is 0 Å². The van der Waals surface area contributed by atoms with Crippen molar-refractivity contribution in [2.75, 3.05) is 34.5 Å². The highest BCUT2D eigenvalue weighted by Crippen LogP contribution is 2.52. The van der Waals surface area contributed by atoms with Crippen LogP contribution in [-0.2, 0) is 23.8 Å². The molecule has 27 heavy (non-hydrogen) atoms. The van der Waals surface area contributed by atoms with Crippen LogP contribution in [0.5, 0.6) is 0 Å². The predicted octanol–water partition coefficient (Wildman–Crippen LogP) is 2.02. The number of rotatable bonds is 6. The van der Waals surface area contributed by atoms with Crippen molar-refractivity contribution in [3.05, 3.63) is 12.2 Å². The van der Waals surface area contributed by atoms with Gasteiger partial charge in [0.15, 0.2) is 5.41 Å². The van der Waals surface area contributed by atoms with Crippen molar-refractivity contribution in [2.24, 2.45) is 28.3 Å². The lowest BCUT2D eigenvalue weighted by Gasteiger charge is -2.28. The average Bonchev–Trinajstić information content (AvgIpc) is 3.30. The molecular formula is C20H30N2O5. The fourth-order valence-corrected chi connectivity index (χ4v) is 4.94. The van der Waals surface area contributed by atoms with E-state index in [0.29, 0.717) is 25.5 Å². The van der Waals surface area contributed by atoms with Gasteiger partial charge in [0.1, 0.15) is 0 Å². The summed E-state index contributed by atoms with van der Waals surface area (Å²) >= 11 is 0. The molecule has 0 aromatic carbocycles. The molecule has 4 atom stereocenters. The highest BCUT2D eigenvalue weighted by molar-refractivity contribution is 6.00. The molecule has 7 heteroatoms. The number of hydrogen-bond acceptors (Lipinski definition) is 7. The summed E-state index contributed by atoms with van der Waals surface area (Å²) in [6.45, 7) is 1.62.